The van der Waals surface area contributed by atoms with Crippen LogP contribution in [0.2, 0.25) is 0 Å². The smallest absolute Gasteiger partial charge is 0.333 e. The lowest BCUT2D eigenvalue weighted by atomic mass is 9.93. The molecule has 0 saturated carbocycles. The highest BCUT2D eigenvalue weighted by Gasteiger charge is 2.45. The van der Waals surface area contributed by atoms with E-state index in [1.54, 1.807) is 13.8 Å². The van der Waals surface area contributed by atoms with E-state index in [9.17, 15) is 81.9 Å². The number of ether oxygens (including phenoxy) is 1. The Morgan fingerprint density at radius 1 is 0.810 bits per heavy atom. The van der Waals surface area contributed by atoms with Gasteiger partial charge in [-0.2, -0.15) is 0 Å². The molecule has 2 bridgehead atoms. The summed E-state index contributed by atoms with van der Waals surface area (Å²) in [6.45, 7) is 1.50. The van der Waals surface area contributed by atoms with Gasteiger partial charge in [0.25, 0.3) is 11.8 Å². The number of nitrogens with one attached hydrogen (secondary N) is 8. The lowest BCUT2D eigenvalue weighted by molar-refractivity contribution is -0.197. The summed E-state index contributed by atoms with van der Waals surface area (Å²) in [6, 6.07) is -6.69. The van der Waals surface area contributed by atoms with Crippen molar-refractivity contribution in [2.24, 2.45) is 17.6 Å². The lowest BCUT2D eigenvalue weighted by Gasteiger charge is -2.33. The first-order chi connectivity index (χ1) is 37.3. The van der Waals surface area contributed by atoms with Gasteiger partial charge in [0, 0.05) is 62.4 Å². The first kappa shape index (κ1) is 60.2. The number of phenolic OH excluding ortho intramolecular Hbond substituents is 1. The summed E-state index contributed by atoms with van der Waals surface area (Å²) in [5.74, 6) is -16.4. The molecule has 1 aromatic heterocycles. The molecule has 430 valence electrons. The number of hydrogen-bond acceptors (Lipinski definition) is 19. The van der Waals surface area contributed by atoms with Crippen LogP contribution >= 0.6 is 0 Å². The Balaban J connectivity index is 1.40. The third kappa shape index (κ3) is 15.4. The normalized spacial score (nSPS) is 26.2. The van der Waals surface area contributed by atoms with Crippen molar-refractivity contribution >= 4 is 98.6 Å². The van der Waals surface area contributed by atoms with Crippen LogP contribution in [0, 0.1) is 11.8 Å². The van der Waals surface area contributed by atoms with E-state index in [1.807, 2.05) is 0 Å². The fourth-order valence-electron chi connectivity index (χ4n) is 9.12. The second kappa shape index (κ2) is 26.5. The topological polar surface area (TPSA) is 451 Å². The number of benzene rings is 1. The number of aliphatic hydroxyl groups is 2. The lowest BCUT2D eigenvalue weighted by Crippen LogP contribution is -2.62. The van der Waals surface area contributed by atoms with Crippen LogP contribution < -0.4 is 43.0 Å². The maximum Gasteiger partial charge on any atom is 0.333 e. The van der Waals surface area contributed by atoms with E-state index in [-0.39, 0.29) is 46.5 Å². The number of esters is 1. The molecule has 0 spiro atoms. The Hall–Kier alpha value is -8.06. The van der Waals surface area contributed by atoms with E-state index in [4.69, 9.17) is 15.3 Å². The molecule has 2 fully saturated rings. The van der Waals surface area contributed by atoms with Crippen LogP contribution in [0.4, 0.5) is 0 Å². The highest BCUT2D eigenvalue weighted by molar-refractivity contribution is 7.85. The zero-order chi connectivity index (χ0) is 58.0. The molecule has 13 N–H and O–H groups in total. The number of aromatic amines is 1. The maximum absolute atomic E-state index is 14.9. The molecule has 31 heteroatoms. The standard InChI is InChI=1S/C48H63N11O19S/c1-4-21(2)40-45(73)51-16-34(64)52-30-20-79(76)47-26(25-9-8-23(60)12-27(25)55-47)14-28(42(70)50-17-35(65)56-40)53-46(74)41(57-44(72)31-13-24(61)18-58(31)48(75)29(15-33(49)63)54-43(30)71)22(3)32(62)19-77-38(68)6-5-7-39(69)78-59-36(66)10-11-37(59)67/h8-9,12,21-22,24,28-32,40-41,55,60-62H,4-7,10-11,13-20H2,1-3H3,(H2,49,63)(H,50,70)(H,51,73)(H,52,64)(H,53,74)(H,54,71)(H,56,65)(H,57,72)/t21-,22-,24+,28-,29-,30-,31-,32-,40-,41-,79?/m0/s1. The number of aromatic hydroxyl groups is 1. The zero-order valence-electron chi connectivity index (χ0n) is 43.2. The molecular formula is C48H63N11O19S. The number of carbonyl (C=O) groups is 13. The maximum atomic E-state index is 14.9. The van der Waals surface area contributed by atoms with Crippen LogP contribution in [0.5, 0.6) is 5.75 Å². The van der Waals surface area contributed by atoms with Gasteiger partial charge in [0.1, 0.15) is 53.6 Å². The molecular weight excluding hydrogens is 1070 g/mol. The van der Waals surface area contributed by atoms with E-state index in [1.165, 1.54) is 25.1 Å². The Morgan fingerprint density at radius 2 is 1.47 bits per heavy atom. The Kier molecular flexibility index (Phi) is 20.2. The van der Waals surface area contributed by atoms with Crippen LogP contribution in [-0.4, -0.2) is 192 Å². The summed E-state index contributed by atoms with van der Waals surface area (Å²) in [5, 5.41) is 50.2. The minimum atomic E-state index is -2.46. The number of phenols is 1. The summed E-state index contributed by atoms with van der Waals surface area (Å²) in [6.07, 6.45) is -6.33. The van der Waals surface area contributed by atoms with E-state index >= 15 is 0 Å². The van der Waals surface area contributed by atoms with E-state index in [0.717, 1.165) is 4.90 Å². The van der Waals surface area contributed by atoms with E-state index < -0.39 is 212 Å². The summed E-state index contributed by atoms with van der Waals surface area (Å²) in [4.78, 5) is 183. The third-order valence-corrected chi connectivity index (χ3v) is 15.2. The Bertz CT molecular complexity index is 2790. The number of carbonyl (C=O) groups excluding carboxylic acids is 13. The number of fused-ring (bicyclic) bond motifs is 5. The average molecular weight is 1130 g/mol. The van der Waals surface area contributed by atoms with Crippen molar-refractivity contribution < 1.29 is 91.4 Å². The number of amides is 11. The van der Waals surface area contributed by atoms with Crippen molar-refractivity contribution in [3.05, 3.63) is 23.8 Å². The quantitative estimate of drug-likeness (QED) is 0.0657. The fourth-order valence-corrected chi connectivity index (χ4v) is 10.5. The minimum absolute atomic E-state index is 0.0132. The number of imide groups is 1. The summed E-state index contributed by atoms with van der Waals surface area (Å²) in [7, 11) is -2.46. The first-order valence-electron chi connectivity index (χ1n) is 25.3. The molecule has 1 unspecified atom stereocenters. The molecule has 5 heterocycles. The van der Waals surface area contributed by atoms with Gasteiger partial charge in [-0.3, -0.25) is 61.7 Å². The molecule has 0 radical (unpaired) electrons. The molecule has 2 saturated heterocycles. The van der Waals surface area contributed by atoms with Crippen LogP contribution in [0.1, 0.15) is 77.7 Å². The summed E-state index contributed by atoms with van der Waals surface area (Å²) < 4.78 is 20.0. The number of primary amides is 1. The third-order valence-electron chi connectivity index (χ3n) is 13.7. The van der Waals surface area contributed by atoms with Gasteiger partial charge in [0.2, 0.25) is 53.2 Å². The number of aliphatic hydroxyl groups excluding tert-OH is 2. The number of hydrogen-bond donors (Lipinski definition) is 12. The molecule has 11 amide bonds. The van der Waals surface area contributed by atoms with Gasteiger partial charge in [0.05, 0.1) is 53.8 Å². The molecule has 30 nitrogen and oxygen atoms in total. The highest BCUT2D eigenvalue weighted by Crippen LogP contribution is 2.30. The number of H-pyrrole nitrogens is 1. The van der Waals surface area contributed by atoms with Crippen molar-refractivity contribution in [3.63, 3.8) is 0 Å². The number of nitrogens with two attached hydrogens (primary N) is 1. The highest BCUT2D eigenvalue weighted by atomic mass is 32.2. The average Bonchev–Trinajstić information content (AvgIpc) is 4.27. The van der Waals surface area contributed by atoms with E-state index in [0.29, 0.717) is 11.5 Å². The molecule has 4 aliphatic heterocycles. The molecule has 4 aliphatic rings. The van der Waals surface area contributed by atoms with E-state index in [2.05, 4.69) is 42.2 Å². The zero-order valence-corrected chi connectivity index (χ0v) is 44.0. The van der Waals surface area contributed by atoms with Gasteiger partial charge in [-0.15, -0.1) is 5.06 Å². The minimum Gasteiger partial charge on any atom is -0.508 e. The molecule has 11 atom stereocenters. The summed E-state index contributed by atoms with van der Waals surface area (Å²) >= 11 is 0. The number of hydroxylamine groups is 2. The monoisotopic (exact) mass is 1130 g/mol. The van der Waals surface area contributed by atoms with Crippen LogP contribution in [-0.2, 0) is 89.1 Å². The number of rotatable bonds is 13. The predicted octanol–water partition coefficient (Wildman–Crippen LogP) is -5.59. The molecule has 1 aromatic carbocycles. The van der Waals surface area contributed by atoms with Gasteiger partial charge in [-0.1, -0.05) is 27.2 Å². The predicted molar refractivity (Wildman–Crippen MR) is 267 cm³/mol. The van der Waals surface area contributed by atoms with Crippen molar-refractivity contribution in [2.45, 2.75) is 132 Å². The Morgan fingerprint density at radius 3 is 2.14 bits per heavy atom. The van der Waals surface area contributed by atoms with Crippen molar-refractivity contribution in [1.82, 2.24) is 52.2 Å². The molecule has 6 rings (SSSR count). The van der Waals surface area contributed by atoms with Crippen LogP contribution in [0.15, 0.2) is 23.2 Å². The summed E-state index contributed by atoms with van der Waals surface area (Å²) in [5.41, 5.74) is 5.66. The largest absolute Gasteiger partial charge is 0.508 e. The van der Waals surface area contributed by atoms with Crippen molar-refractivity contribution in [3.8, 4) is 5.75 Å². The Labute approximate surface area is 452 Å². The van der Waals surface area contributed by atoms with Gasteiger partial charge < -0.3 is 77.7 Å². The fraction of sp³-hybridized carbons (Fsp3) is 0.562. The van der Waals surface area contributed by atoms with Gasteiger partial charge in [-0.25, -0.2) is 4.79 Å². The second-order valence-electron chi connectivity index (χ2n) is 19.5. The second-order valence-corrected chi connectivity index (χ2v) is 21.0. The molecule has 2 aromatic rings. The van der Waals surface area contributed by atoms with Crippen LogP contribution in [0.25, 0.3) is 10.9 Å². The van der Waals surface area contributed by atoms with Gasteiger partial charge in [-0.05, 0) is 30.0 Å². The van der Waals surface area contributed by atoms with Crippen molar-refractivity contribution in [2.75, 3.05) is 32.0 Å². The SMILES string of the molecule is CC[C@H](C)[C@@H]1NC(=O)CNC(=O)[C@@H]2Cc3c([nH]c4cc(O)ccc34)S(=O)C[C@H](NC(=O)CNC1=O)C(=O)N[C@@H](CC(N)=O)C(=O)N1C[C@H](O)C[C@H]1C(=O)N[C@@H]([C@@H](C)[C@@H](O)COC(=O)CCCC(=O)ON1C(=O)CCC1=O)C(=O)N2. The number of nitrogens with zero attached hydrogens (tertiary/aromatic N) is 2. The molecule has 0 aliphatic carbocycles. The molecule has 79 heavy (non-hydrogen) atoms. The van der Waals surface area contributed by atoms with Gasteiger partial charge >= 0.3 is 11.9 Å². The first-order valence-corrected chi connectivity index (χ1v) is 26.6. The van der Waals surface area contributed by atoms with Crippen LogP contribution in [0.3, 0.4) is 0 Å². The number of aromatic nitrogens is 1. The van der Waals surface area contributed by atoms with Gasteiger partial charge in [0.15, 0.2) is 0 Å². The van der Waals surface area contributed by atoms with Crippen molar-refractivity contribution in [1.29, 1.82) is 0 Å².